The van der Waals surface area contributed by atoms with Crippen LogP contribution in [0.1, 0.15) is 0 Å². The van der Waals surface area contributed by atoms with Crippen molar-refractivity contribution in [3.05, 3.63) is 127 Å². The Morgan fingerprint density at radius 1 is 0.371 bits per heavy atom. The lowest BCUT2D eigenvalue weighted by Gasteiger charge is -2.07. The van der Waals surface area contributed by atoms with E-state index in [0.29, 0.717) is 5.46 Å². The second-order valence-corrected chi connectivity index (χ2v) is 8.85. The molecule has 3 heteroatoms. The van der Waals surface area contributed by atoms with Gasteiger partial charge in [-0.15, -0.1) is 0 Å². The summed E-state index contributed by atoms with van der Waals surface area (Å²) in [5.74, 6) is 0. The van der Waals surface area contributed by atoms with Gasteiger partial charge in [0, 0.05) is 0 Å². The van der Waals surface area contributed by atoms with Crippen molar-refractivity contribution in [3.8, 4) is 0 Å². The predicted molar refractivity (Wildman–Crippen MR) is 150 cm³/mol. The van der Waals surface area contributed by atoms with E-state index in [0.717, 1.165) is 16.2 Å². The van der Waals surface area contributed by atoms with Gasteiger partial charge in [-0.25, -0.2) is 0 Å². The van der Waals surface area contributed by atoms with Crippen LogP contribution in [0.3, 0.4) is 0 Å². The highest BCUT2D eigenvalue weighted by atomic mass is 16.4. The largest absolute Gasteiger partial charge is 0.488 e. The molecular weight excluding hydrogens is 427 g/mol. The van der Waals surface area contributed by atoms with Gasteiger partial charge < -0.3 is 10.0 Å². The van der Waals surface area contributed by atoms with Gasteiger partial charge in [-0.2, -0.15) is 0 Å². The van der Waals surface area contributed by atoms with E-state index in [4.69, 9.17) is 10.0 Å². The lowest BCUT2D eigenvalue weighted by molar-refractivity contribution is 0.426. The van der Waals surface area contributed by atoms with Gasteiger partial charge in [-0.05, 0) is 71.5 Å². The van der Waals surface area contributed by atoms with Crippen molar-refractivity contribution in [1.82, 2.24) is 0 Å². The minimum Gasteiger partial charge on any atom is -0.423 e. The van der Waals surface area contributed by atoms with Crippen molar-refractivity contribution in [2.24, 2.45) is 0 Å². The monoisotopic (exact) mass is 450 g/mol. The second kappa shape index (κ2) is 8.88. The molecule has 0 spiro atoms. The first-order valence-electron chi connectivity index (χ1n) is 11.8. The molecule has 35 heavy (non-hydrogen) atoms. The van der Waals surface area contributed by atoms with Crippen LogP contribution in [0.5, 0.6) is 0 Å². The van der Waals surface area contributed by atoms with Crippen LogP contribution in [-0.4, -0.2) is 17.2 Å². The summed E-state index contributed by atoms with van der Waals surface area (Å²) >= 11 is 0. The molecule has 166 valence electrons. The summed E-state index contributed by atoms with van der Waals surface area (Å²) < 4.78 is 0. The highest BCUT2D eigenvalue weighted by molar-refractivity contribution is 6.58. The molecule has 0 aliphatic carbocycles. The average molecular weight is 450 g/mol. The zero-order valence-corrected chi connectivity index (χ0v) is 19.1. The third-order valence-corrected chi connectivity index (χ3v) is 6.66. The van der Waals surface area contributed by atoms with Crippen molar-refractivity contribution in [3.63, 3.8) is 0 Å². The molecule has 0 fully saturated rings. The van der Waals surface area contributed by atoms with Gasteiger partial charge in [0.05, 0.1) is 0 Å². The molecule has 7 aromatic rings. The van der Waals surface area contributed by atoms with Gasteiger partial charge in [-0.3, -0.25) is 0 Å². The highest BCUT2D eigenvalue weighted by Gasteiger charge is 2.11. The SMILES string of the molecule is OB(O)c1ccc2cc3ccccc3cc2c1.c1ccc2c(c1)ccc1ccc3ccccc3c12. The number of benzene rings is 7. The molecular formula is C32H23BO2. The van der Waals surface area contributed by atoms with Crippen LogP contribution in [0.4, 0.5) is 0 Å². The van der Waals surface area contributed by atoms with Crippen LogP contribution >= 0.6 is 0 Å². The first kappa shape index (κ1) is 21.4. The molecule has 2 nitrogen and oxygen atoms in total. The van der Waals surface area contributed by atoms with Gasteiger partial charge >= 0.3 is 7.12 Å². The first-order chi connectivity index (χ1) is 17.2. The molecule has 7 rings (SSSR count). The van der Waals surface area contributed by atoms with Crippen LogP contribution < -0.4 is 5.46 Å². The van der Waals surface area contributed by atoms with Gasteiger partial charge in [0.25, 0.3) is 0 Å². The van der Waals surface area contributed by atoms with E-state index in [1.165, 1.54) is 37.7 Å². The van der Waals surface area contributed by atoms with Crippen molar-refractivity contribution < 1.29 is 10.0 Å². The van der Waals surface area contributed by atoms with Crippen molar-refractivity contribution in [1.29, 1.82) is 0 Å². The third-order valence-electron chi connectivity index (χ3n) is 6.66. The minimum atomic E-state index is -1.41. The van der Waals surface area contributed by atoms with Gasteiger partial charge in [0.1, 0.15) is 0 Å². The number of hydrogen-bond acceptors (Lipinski definition) is 2. The average Bonchev–Trinajstić information content (AvgIpc) is 2.91. The quantitative estimate of drug-likeness (QED) is 0.164. The van der Waals surface area contributed by atoms with E-state index in [1.54, 1.807) is 6.07 Å². The van der Waals surface area contributed by atoms with Crippen LogP contribution in [0, 0.1) is 0 Å². The number of rotatable bonds is 1. The maximum absolute atomic E-state index is 9.15. The molecule has 7 aromatic carbocycles. The third kappa shape index (κ3) is 4.02. The Hall–Kier alpha value is -4.18. The maximum Gasteiger partial charge on any atom is 0.488 e. The molecule has 0 saturated carbocycles. The zero-order chi connectivity index (χ0) is 23.8. The fourth-order valence-electron chi connectivity index (χ4n) is 4.90. The fourth-order valence-corrected chi connectivity index (χ4v) is 4.90. The van der Waals surface area contributed by atoms with E-state index in [-0.39, 0.29) is 0 Å². The summed E-state index contributed by atoms with van der Waals surface area (Å²) in [6.07, 6.45) is 0. The fraction of sp³-hybridized carbons (Fsp3) is 0. The smallest absolute Gasteiger partial charge is 0.423 e. The van der Waals surface area contributed by atoms with E-state index < -0.39 is 7.12 Å². The molecule has 2 N–H and O–H groups in total. The van der Waals surface area contributed by atoms with Crippen LogP contribution in [-0.2, 0) is 0 Å². The minimum absolute atomic E-state index is 0.521. The molecule has 0 saturated heterocycles. The molecule has 0 radical (unpaired) electrons. The predicted octanol–water partition coefficient (Wildman–Crippen LogP) is 6.82. The van der Waals surface area contributed by atoms with E-state index >= 15 is 0 Å². The molecule has 0 aromatic heterocycles. The van der Waals surface area contributed by atoms with Gasteiger partial charge in [0.2, 0.25) is 0 Å². The second-order valence-electron chi connectivity index (χ2n) is 8.85. The Labute approximate surface area is 203 Å². The van der Waals surface area contributed by atoms with Crippen molar-refractivity contribution in [2.45, 2.75) is 0 Å². The molecule has 0 bridgehead atoms. The molecule has 0 amide bonds. The molecule has 0 atom stereocenters. The van der Waals surface area contributed by atoms with Crippen molar-refractivity contribution in [2.75, 3.05) is 0 Å². The van der Waals surface area contributed by atoms with E-state index in [1.807, 2.05) is 24.3 Å². The van der Waals surface area contributed by atoms with Crippen LogP contribution in [0.15, 0.2) is 127 Å². The Morgan fingerprint density at radius 2 is 0.800 bits per heavy atom. The van der Waals surface area contributed by atoms with E-state index in [2.05, 4.69) is 97.1 Å². The number of hydrogen-bond donors (Lipinski definition) is 2. The molecule has 0 aliphatic heterocycles. The first-order valence-corrected chi connectivity index (χ1v) is 11.8. The Kier molecular flexibility index (Phi) is 5.42. The standard InChI is InChI=1S/C18H12.C14H11BO2/c1-3-7-16-13(5-1)9-11-15-12-10-14-6-2-4-8-17(14)18(15)16;16-15(17)14-6-5-12-7-10-3-1-2-4-11(10)8-13(12)9-14/h1-12H;1-9,16-17H. The summed E-state index contributed by atoms with van der Waals surface area (Å²) in [4.78, 5) is 0. The molecule has 0 aliphatic rings. The van der Waals surface area contributed by atoms with Crippen LogP contribution in [0.25, 0.3) is 53.9 Å². The lowest BCUT2D eigenvalue weighted by Crippen LogP contribution is -2.29. The summed E-state index contributed by atoms with van der Waals surface area (Å²) in [5.41, 5.74) is 0.521. The summed E-state index contributed by atoms with van der Waals surface area (Å²) in [6.45, 7) is 0. The van der Waals surface area contributed by atoms with Gasteiger partial charge in [0.15, 0.2) is 0 Å². The van der Waals surface area contributed by atoms with Gasteiger partial charge in [-0.1, -0.05) is 115 Å². The summed E-state index contributed by atoms with van der Waals surface area (Å²) in [5, 5.41) is 30.8. The lowest BCUT2D eigenvalue weighted by atomic mass is 9.79. The molecule has 0 unspecified atom stereocenters. The van der Waals surface area contributed by atoms with E-state index in [9.17, 15) is 0 Å². The van der Waals surface area contributed by atoms with Crippen LogP contribution in [0.2, 0.25) is 0 Å². The Balaban J connectivity index is 0.000000131. The summed E-state index contributed by atoms with van der Waals surface area (Å²) in [7, 11) is -1.41. The highest BCUT2D eigenvalue weighted by Crippen LogP contribution is 2.31. The Morgan fingerprint density at radius 3 is 1.37 bits per heavy atom. The zero-order valence-electron chi connectivity index (χ0n) is 19.1. The Bertz CT molecular complexity index is 1770. The maximum atomic E-state index is 9.15. The number of fused-ring (bicyclic) bond motifs is 7. The molecule has 0 heterocycles. The summed E-state index contributed by atoms with van der Waals surface area (Å²) in [6, 6.07) is 43.8. The topological polar surface area (TPSA) is 40.5 Å². The normalized spacial score (nSPS) is 11.1. The van der Waals surface area contributed by atoms with Crippen molar-refractivity contribution >= 4 is 66.4 Å².